The van der Waals surface area contributed by atoms with Crippen LogP contribution in [0.25, 0.3) is 0 Å². The van der Waals surface area contributed by atoms with Gasteiger partial charge in [-0.25, -0.2) is 0 Å². The summed E-state index contributed by atoms with van der Waals surface area (Å²) in [7, 11) is 8.15. The van der Waals surface area contributed by atoms with Gasteiger partial charge in [-0.05, 0) is 39.3 Å². The maximum absolute atomic E-state index is 6.40. The molecule has 0 N–H and O–H groups in total. The minimum atomic E-state index is -0.0844. The monoisotopic (exact) mass is 284 g/mol. The number of rotatable bonds is 6. The van der Waals surface area contributed by atoms with Gasteiger partial charge >= 0.3 is 0 Å². The van der Waals surface area contributed by atoms with E-state index in [4.69, 9.17) is 4.74 Å². The number of hydrogen-bond acceptors (Lipinski definition) is 3. The molecular weight excluding hydrogens is 260 g/mol. The van der Waals surface area contributed by atoms with Crippen LogP contribution in [0.4, 0.5) is 0 Å². The molecule has 2 atom stereocenters. The Bertz CT molecular complexity index is 476. The van der Waals surface area contributed by atoms with Crippen molar-refractivity contribution in [3.63, 3.8) is 0 Å². The molecule has 0 heterocycles. The summed E-state index contributed by atoms with van der Waals surface area (Å²) in [4.78, 5) is 4.18. The van der Waals surface area contributed by atoms with Crippen molar-refractivity contribution in [1.29, 1.82) is 0 Å². The summed E-state index contributed by atoms with van der Waals surface area (Å²) in [5.74, 6) is 0. The molecule has 0 aliphatic heterocycles. The fraction of sp³-hybridized carbons (Fsp3) is 0.333. The Hall–Kier alpha value is -1.68. The third-order valence-electron chi connectivity index (χ3n) is 3.37. The molecule has 0 aliphatic rings. The number of ether oxygens (including phenoxy) is 1. The fourth-order valence-electron chi connectivity index (χ4n) is 2.35. The first kappa shape index (κ1) is 15.7. The van der Waals surface area contributed by atoms with Crippen LogP contribution in [0, 0.1) is 0 Å². The Balaban J connectivity index is 2.25. The van der Waals surface area contributed by atoms with Crippen LogP contribution in [-0.2, 0) is 4.74 Å². The Morgan fingerprint density at radius 2 is 0.952 bits per heavy atom. The number of benzene rings is 2. The second-order valence-electron chi connectivity index (χ2n) is 5.59. The van der Waals surface area contributed by atoms with Crippen LogP contribution in [-0.4, -0.2) is 38.0 Å². The van der Waals surface area contributed by atoms with E-state index in [1.165, 1.54) is 0 Å². The summed E-state index contributed by atoms with van der Waals surface area (Å²) in [5, 5.41) is 0. The summed E-state index contributed by atoms with van der Waals surface area (Å²) >= 11 is 0. The quantitative estimate of drug-likeness (QED) is 0.755. The first-order valence-electron chi connectivity index (χ1n) is 7.18. The van der Waals surface area contributed by atoms with Gasteiger partial charge in [0.2, 0.25) is 0 Å². The standard InChI is InChI=1S/C18H24N2O/c1-19(2)17(15-11-7-5-8-12-15)21-18(20(3)4)16-13-9-6-10-14-16/h5-14,17-18H,1-4H3. The van der Waals surface area contributed by atoms with Crippen molar-refractivity contribution >= 4 is 0 Å². The molecule has 0 aromatic heterocycles. The topological polar surface area (TPSA) is 15.7 Å². The van der Waals surface area contributed by atoms with E-state index in [0.29, 0.717) is 0 Å². The lowest BCUT2D eigenvalue weighted by Gasteiger charge is -2.33. The van der Waals surface area contributed by atoms with E-state index in [-0.39, 0.29) is 12.5 Å². The first-order valence-corrected chi connectivity index (χ1v) is 7.18. The largest absolute Gasteiger partial charge is 0.336 e. The molecule has 2 rings (SSSR count). The van der Waals surface area contributed by atoms with E-state index in [1.54, 1.807) is 0 Å². The van der Waals surface area contributed by atoms with Crippen LogP contribution >= 0.6 is 0 Å². The normalized spacial score (nSPS) is 14.4. The molecule has 112 valence electrons. The summed E-state index contributed by atoms with van der Waals surface area (Å²) in [6.45, 7) is 0. The van der Waals surface area contributed by atoms with Crippen molar-refractivity contribution in [3.8, 4) is 0 Å². The van der Waals surface area contributed by atoms with Crippen LogP contribution < -0.4 is 0 Å². The molecule has 0 fully saturated rings. The highest BCUT2D eigenvalue weighted by molar-refractivity contribution is 5.19. The average Bonchev–Trinajstić information content (AvgIpc) is 2.49. The highest BCUT2D eigenvalue weighted by atomic mass is 16.5. The predicted molar refractivity (Wildman–Crippen MR) is 86.8 cm³/mol. The van der Waals surface area contributed by atoms with E-state index in [9.17, 15) is 0 Å². The second kappa shape index (κ2) is 7.36. The highest BCUT2D eigenvalue weighted by Crippen LogP contribution is 2.29. The Labute approximate surface area is 127 Å². The summed E-state index contributed by atoms with van der Waals surface area (Å²) in [5.41, 5.74) is 2.32. The third kappa shape index (κ3) is 4.14. The zero-order valence-corrected chi connectivity index (χ0v) is 13.2. The van der Waals surface area contributed by atoms with Gasteiger partial charge in [-0.15, -0.1) is 0 Å². The molecule has 2 aromatic carbocycles. The molecule has 0 spiro atoms. The zero-order valence-electron chi connectivity index (χ0n) is 13.2. The van der Waals surface area contributed by atoms with Gasteiger partial charge in [0.1, 0.15) is 12.5 Å². The number of nitrogens with zero attached hydrogens (tertiary/aromatic N) is 2. The molecule has 0 bridgehead atoms. The lowest BCUT2D eigenvalue weighted by Crippen LogP contribution is -2.30. The first-order chi connectivity index (χ1) is 10.1. The maximum atomic E-state index is 6.40. The molecule has 0 saturated heterocycles. The summed E-state index contributed by atoms with van der Waals surface area (Å²) < 4.78 is 6.40. The van der Waals surface area contributed by atoms with E-state index < -0.39 is 0 Å². The SMILES string of the molecule is CN(C)C(OC(c1ccccc1)N(C)C)c1ccccc1. The van der Waals surface area contributed by atoms with Crippen molar-refractivity contribution in [2.75, 3.05) is 28.2 Å². The van der Waals surface area contributed by atoms with Crippen LogP contribution in [0.3, 0.4) is 0 Å². The van der Waals surface area contributed by atoms with Gasteiger partial charge in [0.25, 0.3) is 0 Å². The molecular formula is C18H24N2O. The molecule has 0 aliphatic carbocycles. The van der Waals surface area contributed by atoms with Gasteiger partial charge in [0, 0.05) is 0 Å². The Morgan fingerprint density at radius 3 is 1.24 bits per heavy atom. The van der Waals surface area contributed by atoms with E-state index in [0.717, 1.165) is 11.1 Å². The molecule has 0 radical (unpaired) electrons. The predicted octanol–water partition coefficient (Wildman–Crippen LogP) is 3.52. The minimum absolute atomic E-state index is 0.0844. The van der Waals surface area contributed by atoms with Crippen molar-refractivity contribution in [1.82, 2.24) is 9.80 Å². The van der Waals surface area contributed by atoms with E-state index >= 15 is 0 Å². The lowest BCUT2D eigenvalue weighted by atomic mass is 10.1. The Kier molecular flexibility index (Phi) is 5.51. The second-order valence-corrected chi connectivity index (χ2v) is 5.59. The van der Waals surface area contributed by atoms with Crippen LogP contribution in [0.1, 0.15) is 23.6 Å². The molecule has 21 heavy (non-hydrogen) atoms. The smallest absolute Gasteiger partial charge is 0.138 e. The van der Waals surface area contributed by atoms with Gasteiger partial charge in [0.15, 0.2) is 0 Å². The van der Waals surface area contributed by atoms with Crippen LogP contribution in [0.5, 0.6) is 0 Å². The van der Waals surface area contributed by atoms with E-state index in [2.05, 4.69) is 34.1 Å². The molecule has 0 amide bonds. The lowest BCUT2D eigenvalue weighted by molar-refractivity contribution is -0.138. The van der Waals surface area contributed by atoms with Crippen LogP contribution in [0.15, 0.2) is 60.7 Å². The Morgan fingerprint density at radius 1 is 0.619 bits per heavy atom. The number of hydrogen-bond donors (Lipinski definition) is 0. The fourth-order valence-corrected chi connectivity index (χ4v) is 2.35. The van der Waals surface area contributed by atoms with Crippen molar-refractivity contribution < 1.29 is 4.74 Å². The van der Waals surface area contributed by atoms with Crippen molar-refractivity contribution in [2.45, 2.75) is 12.5 Å². The van der Waals surface area contributed by atoms with Gasteiger partial charge in [-0.1, -0.05) is 60.7 Å². The zero-order chi connectivity index (χ0) is 15.2. The van der Waals surface area contributed by atoms with Gasteiger partial charge in [-0.2, -0.15) is 0 Å². The van der Waals surface area contributed by atoms with Gasteiger partial charge in [0.05, 0.1) is 0 Å². The van der Waals surface area contributed by atoms with Crippen molar-refractivity contribution in [3.05, 3.63) is 71.8 Å². The summed E-state index contributed by atoms with van der Waals surface area (Å²) in [6, 6.07) is 20.6. The highest BCUT2D eigenvalue weighted by Gasteiger charge is 2.22. The molecule has 3 heteroatoms. The summed E-state index contributed by atoms with van der Waals surface area (Å²) in [6.07, 6.45) is -0.169. The van der Waals surface area contributed by atoms with Crippen LogP contribution in [0.2, 0.25) is 0 Å². The van der Waals surface area contributed by atoms with Gasteiger partial charge < -0.3 is 4.74 Å². The molecule has 0 saturated carbocycles. The third-order valence-corrected chi connectivity index (χ3v) is 3.37. The van der Waals surface area contributed by atoms with E-state index in [1.807, 2.05) is 64.6 Å². The molecule has 3 nitrogen and oxygen atoms in total. The average molecular weight is 284 g/mol. The maximum Gasteiger partial charge on any atom is 0.138 e. The minimum Gasteiger partial charge on any atom is -0.336 e. The van der Waals surface area contributed by atoms with Crippen molar-refractivity contribution in [2.24, 2.45) is 0 Å². The van der Waals surface area contributed by atoms with Gasteiger partial charge in [-0.3, -0.25) is 9.80 Å². The molecule has 2 aromatic rings. The molecule has 2 unspecified atom stereocenters.